The molecule has 0 radical (unpaired) electrons. The van der Waals surface area contributed by atoms with Gasteiger partial charge in [0.1, 0.15) is 24.9 Å². The Morgan fingerprint density at radius 3 is 2.21 bits per heavy atom. The lowest BCUT2D eigenvalue weighted by Crippen LogP contribution is -2.49. The van der Waals surface area contributed by atoms with Gasteiger partial charge in [-0.15, -0.1) is 0 Å². The van der Waals surface area contributed by atoms with Crippen LogP contribution < -0.4 is 5.32 Å². The Hall–Kier alpha value is -3.85. The van der Waals surface area contributed by atoms with Crippen LogP contribution in [0.25, 0.3) is 0 Å². The zero-order valence-corrected chi connectivity index (χ0v) is 22.1. The van der Waals surface area contributed by atoms with Crippen molar-refractivity contribution >= 4 is 18.2 Å². The Bertz CT molecular complexity index is 1070. The molecule has 1 heterocycles. The molecule has 38 heavy (non-hydrogen) atoms. The minimum absolute atomic E-state index is 0.0680. The normalized spacial score (nSPS) is 16.5. The van der Waals surface area contributed by atoms with E-state index < -0.39 is 29.8 Å². The lowest BCUT2D eigenvalue weighted by molar-refractivity contribution is -0.147. The molecule has 204 valence electrons. The predicted molar refractivity (Wildman–Crippen MR) is 141 cm³/mol. The van der Waals surface area contributed by atoms with Crippen LogP contribution in [0.4, 0.5) is 9.59 Å². The summed E-state index contributed by atoms with van der Waals surface area (Å²) in [6, 6.07) is 17.2. The van der Waals surface area contributed by atoms with Crippen LogP contribution in [0.1, 0.15) is 38.3 Å². The van der Waals surface area contributed by atoms with Crippen molar-refractivity contribution in [1.29, 1.82) is 0 Å². The molecule has 1 N–H and O–H groups in total. The van der Waals surface area contributed by atoms with Crippen molar-refractivity contribution in [2.45, 2.75) is 58.1 Å². The van der Waals surface area contributed by atoms with E-state index >= 15 is 0 Å². The highest BCUT2D eigenvalue weighted by Gasteiger charge is 2.30. The number of nitrogens with zero attached hydrogens (tertiary/aromatic N) is 1. The number of esters is 1. The van der Waals surface area contributed by atoms with E-state index in [-0.39, 0.29) is 25.7 Å². The van der Waals surface area contributed by atoms with Gasteiger partial charge >= 0.3 is 18.2 Å². The molecule has 1 aliphatic heterocycles. The fourth-order valence-corrected chi connectivity index (χ4v) is 3.65. The minimum Gasteiger partial charge on any atom is -0.459 e. The van der Waals surface area contributed by atoms with E-state index in [1.807, 2.05) is 81.4 Å². The quantitative estimate of drug-likeness (QED) is 0.290. The molecule has 0 saturated carbocycles. The number of ether oxygens (including phenoxy) is 4. The van der Waals surface area contributed by atoms with Crippen LogP contribution in [0.5, 0.6) is 0 Å². The topological polar surface area (TPSA) is 103 Å². The highest BCUT2D eigenvalue weighted by Crippen LogP contribution is 2.16. The number of amides is 2. The smallest absolute Gasteiger partial charge is 0.410 e. The largest absolute Gasteiger partial charge is 0.459 e. The predicted octanol–water partition coefficient (Wildman–Crippen LogP) is 4.61. The van der Waals surface area contributed by atoms with Crippen molar-refractivity contribution in [1.82, 2.24) is 10.2 Å². The molecule has 0 bridgehead atoms. The van der Waals surface area contributed by atoms with Gasteiger partial charge in [-0.1, -0.05) is 72.8 Å². The zero-order valence-electron chi connectivity index (χ0n) is 22.1. The number of carbonyl (C=O) groups is 3. The number of hydrogen-bond donors (Lipinski definition) is 1. The molecule has 0 aliphatic carbocycles. The van der Waals surface area contributed by atoms with Crippen molar-refractivity contribution in [3.8, 4) is 0 Å². The third kappa shape index (κ3) is 9.89. The summed E-state index contributed by atoms with van der Waals surface area (Å²) in [5.74, 6) is -0.598. The van der Waals surface area contributed by atoms with E-state index in [2.05, 4.69) is 5.32 Å². The molecule has 1 fully saturated rings. The first-order valence-corrected chi connectivity index (χ1v) is 12.6. The first kappa shape index (κ1) is 28.7. The summed E-state index contributed by atoms with van der Waals surface area (Å²) in [4.78, 5) is 39.6. The van der Waals surface area contributed by atoms with Crippen molar-refractivity contribution in [2.24, 2.45) is 0 Å². The van der Waals surface area contributed by atoms with Gasteiger partial charge < -0.3 is 24.3 Å². The molecule has 2 aromatic carbocycles. The van der Waals surface area contributed by atoms with E-state index in [4.69, 9.17) is 18.9 Å². The highest BCUT2D eigenvalue weighted by atomic mass is 16.6. The maximum Gasteiger partial charge on any atom is 0.410 e. The van der Waals surface area contributed by atoms with Gasteiger partial charge in [0.15, 0.2) is 0 Å². The van der Waals surface area contributed by atoms with Crippen LogP contribution in [-0.2, 0) is 37.0 Å². The Morgan fingerprint density at radius 1 is 1.00 bits per heavy atom. The van der Waals surface area contributed by atoms with Crippen LogP contribution in [-0.4, -0.2) is 60.5 Å². The number of carbonyl (C=O) groups excluding carboxylic acids is 3. The van der Waals surface area contributed by atoms with Gasteiger partial charge in [0.25, 0.3) is 0 Å². The van der Waals surface area contributed by atoms with E-state index in [9.17, 15) is 14.4 Å². The molecule has 9 nitrogen and oxygen atoms in total. The number of hydrogen-bond acceptors (Lipinski definition) is 7. The molecule has 0 spiro atoms. The van der Waals surface area contributed by atoms with E-state index in [0.717, 1.165) is 11.1 Å². The molecular weight excluding hydrogens is 488 g/mol. The standard InChI is InChI=1S/C29H36N2O7/c1-29(2,3)38-28(34)31-17-18-35-21-24(31)15-10-16-25(26(32)36-19-22-11-6-4-7-12-22)30-27(33)37-20-23-13-8-5-9-14-23/h4-15,24-25H,16-21H2,1-3H3,(H,30,33)/b15-10-. The van der Waals surface area contributed by atoms with Gasteiger partial charge in [-0.2, -0.15) is 0 Å². The minimum atomic E-state index is -0.988. The summed E-state index contributed by atoms with van der Waals surface area (Å²) in [5.41, 5.74) is 1.03. The van der Waals surface area contributed by atoms with Crippen molar-refractivity contribution < 1.29 is 33.3 Å². The second-order valence-electron chi connectivity index (χ2n) is 9.83. The molecule has 9 heteroatoms. The maximum absolute atomic E-state index is 12.9. The summed E-state index contributed by atoms with van der Waals surface area (Å²) < 4.78 is 21.8. The average Bonchev–Trinajstić information content (AvgIpc) is 2.90. The summed E-state index contributed by atoms with van der Waals surface area (Å²) in [5, 5.41) is 2.60. The van der Waals surface area contributed by atoms with Crippen LogP contribution in [0, 0.1) is 0 Å². The monoisotopic (exact) mass is 524 g/mol. The van der Waals surface area contributed by atoms with E-state index in [1.165, 1.54) is 0 Å². The third-order valence-electron chi connectivity index (χ3n) is 5.54. The van der Waals surface area contributed by atoms with Crippen LogP contribution in [0.3, 0.4) is 0 Å². The first-order chi connectivity index (χ1) is 18.2. The van der Waals surface area contributed by atoms with Crippen LogP contribution in [0.2, 0.25) is 0 Å². The van der Waals surface area contributed by atoms with Gasteiger partial charge in [-0.05, 0) is 38.3 Å². The molecule has 2 amide bonds. The number of morpholine rings is 1. The maximum atomic E-state index is 12.9. The Balaban J connectivity index is 1.63. The lowest BCUT2D eigenvalue weighted by atomic mass is 10.1. The molecule has 1 saturated heterocycles. The molecule has 2 aromatic rings. The summed E-state index contributed by atoms with van der Waals surface area (Å²) >= 11 is 0. The van der Waals surface area contributed by atoms with Crippen LogP contribution >= 0.6 is 0 Å². The highest BCUT2D eigenvalue weighted by molar-refractivity contribution is 5.81. The Labute approximate surface area is 223 Å². The third-order valence-corrected chi connectivity index (χ3v) is 5.54. The van der Waals surface area contributed by atoms with Gasteiger partial charge in [0, 0.05) is 6.54 Å². The van der Waals surface area contributed by atoms with Crippen molar-refractivity contribution in [3.63, 3.8) is 0 Å². The molecule has 2 unspecified atom stereocenters. The average molecular weight is 525 g/mol. The van der Waals surface area contributed by atoms with Gasteiger partial charge in [0.2, 0.25) is 0 Å². The SMILES string of the molecule is CC(C)(C)OC(=O)N1CCOCC1/C=C\CC(NC(=O)OCc1ccccc1)C(=O)OCc1ccccc1. The molecule has 0 aromatic heterocycles. The summed E-state index contributed by atoms with van der Waals surface area (Å²) in [7, 11) is 0. The first-order valence-electron chi connectivity index (χ1n) is 12.6. The summed E-state index contributed by atoms with van der Waals surface area (Å²) in [6.45, 7) is 6.66. The molecule has 1 aliphatic rings. The number of benzene rings is 2. The summed E-state index contributed by atoms with van der Waals surface area (Å²) in [6.07, 6.45) is 2.46. The number of nitrogens with one attached hydrogen (secondary N) is 1. The molecular formula is C29H36N2O7. The van der Waals surface area contributed by atoms with Gasteiger partial charge in [-0.25, -0.2) is 14.4 Å². The number of alkyl carbamates (subject to hydrolysis) is 1. The molecule has 3 rings (SSSR count). The second kappa shape index (κ2) is 14.2. The van der Waals surface area contributed by atoms with Crippen molar-refractivity contribution in [3.05, 3.63) is 83.9 Å². The zero-order chi connectivity index (χ0) is 27.4. The molecule has 2 atom stereocenters. The van der Waals surface area contributed by atoms with Gasteiger partial charge in [-0.3, -0.25) is 4.90 Å². The van der Waals surface area contributed by atoms with E-state index in [1.54, 1.807) is 17.1 Å². The fraction of sp³-hybridized carbons (Fsp3) is 0.414. The second-order valence-corrected chi connectivity index (χ2v) is 9.83. The number of rotatable bonds is 9. The fourth-order valence-electron chi connectivity index (χ4n) is 3.65. The van der Waals surface area contributed by atoms with Crippen molar-refractivity contribution in [2.75, 3.05) is 19.8 Å². The van der Waals surface area contributed by atoms with Gasteiger partial charge in [0.05, 0.1) is 19.3 Å². The Morgan fingerprint density at radius 2 is 1.61 bits per heavy atom. The van der Waals surface area contributed by atoms with Crippen LogP contribution in [0.15, 0.2) is 72.8 Å². The van der Waals surface area contributed by atoms with E-state index in [0.29, 0.717) is 19.8 Å². The lowest BCUT2D eigenvalue weighted by Gasteiger charge is -2.35. The Kier molecular flexibility index (Phi) is 10.7.